The Morgan fingerprint density at radius 2 is 1.65 bits per heavy atom. The van der Waals surface area contributed by atoms with Crippen molar-refractivity contribution in [1.29, 1.82) is 0 Å². The van der Waals surface area contributed by atoms with Gasteiger partial charge in [0.1, 0.15) is 0 Å². The molecular weight excluding hydrogens is 286 g/mol. The van der Waals surface area contributed by atoms with Crippen LogP contribution in [0.4, 0.5) is 4.79 Å². The van der Waals surface area contributed by atoms with Crippen molar-refractivity contribution in [3.8, 4) is 0 Å². The van der Waals surface area contributed by atoms with Gasteiger partial charge >= 0.3 is 6.09 Å². The highest BCUT2D eigenvalue weighted by Crippen LogP contribution is 2.40. The molecule has 0 spiro atoms. The third-order valence-electron chi connectivity index (χ3n) is 4.57. The van der Waals surface area contributed by atoms with Gasteiger partial charge in [-0.3, -0.25) is 0 Å². The second-order valence-electron chi connectivity index (χ2n) is 5.83. The normalized spacial score (nSPS) is 14.8. The van der Waals surface area contributed by atoms with E-state index < -0.39 is 11.6 Å². The van der Waals surface area contributed by atoms with E-state index in [1.165, 1.54) is 18.2 Å². The van der Waals surface area contributed by atoms with Gasteiger partial charge in [0.15, 0.2) is 0 Å². The summed E-state index contributed by atoms with van der Waals surface area (Å²) in [7, 11) is 1.39. The van der Waals surface area contributed by atoms with Crippen LogP contribution in [0.15, 0.2) is 61.2 Å². The van der Waals surface area contributed by atoms with Gasteiger partial charge in [-0.15, -0.1) is 6.58 Å². The standard InChI is InChI=1S/C20H21NO2/c1-3-14-20(21-19(22)23-2)17-10-6-4-8-15(17)12-13-16-9-5-7-11-18(16)20/h3-11H,1,12-14H2,2H3,(H,21,22). The van der Waals surface area contributed by atoms with Gasteiger partial charge in [-0.05, 0) is 41.5 Å². The molecule has 1 aliphatic rings. The summed E-state index contributed by atoms with van der Waals surface area (Å²) >= 11 is 0. The molecule has 0 aliphatic heterocycles. The average molecular weight is 307 g/mol. The number of carbonyl (C=O) groups excluding carboxylic acids is 1. The Kier molecular flexibility index (Phi) is 4.20. The second kappa shape index (κ2) is 6.29. The minimum atomic E-state index is -0.640. The van der Waals surface area contributed by atoms with Crippen LogP contribution in [0, 0.1) is 0 Å². The van der Waals surface area contributed by atoms with Crippen molar-refractivity contribution in [3.05, 3.63) is 83.4 Å². The topological polar surface area (TPSA) is 38.3 Å². The number of rotatable bonds is 3. The highest BCUT2D eigenvalue weighted by Gasteiger charge is 2.39. The van der Waals surface area contributed by atoms with Gasteiger partial charge in [0.05, 0.1) is 12.6 Å². The number of hydrogen-bond acceptors (Lipinski definition) is 2. The van der Waals surface area contributed by atoms with Crippen LogP contribution in [0.3, 0.4) is 0 Å². The monoisotopic (exact) mass is 307 g/mol. The quantitative estimate of drug-likeness (QED) is 0.872. The van der Waals surface area contributed by atoms with E-state index in [-0.39, 0.29) is 0 Å². The molecule has 0 heterocycles. The van der Waals surface area contributed by atoms with E-state index >= 15 is 0 Å². The molecule has 23 heavy (non-hydrogen) atoms. The fraction of sp³-hybridized carbons (Fsp3) is 0.250. The Hall–Kier alpha value is -2.55. The molecule has 118 valence electrons. The number of ether oxygens (including phenoxy) is 1. The first-order chi connectivity index (χ1) is 11.2. The molecule has 2 aromatic rings. The molecule has 0 radical (unpaired) electrons. The van der Waals surface area contributed by atoms with Gasteiger partial charge in [-0.2, -0.15) is 0 Å². The molecule has 3 nitrogen and oxygen atoms in total. The maximum atomic E-state index is 12.1. The molecule has 0 fully saturated rings. The third-order valence-corrected chi connectivity index (χ3v) is 4.57. The molecule has 0 saturated carbocycles. The lowest BCUT2D eigenvalue weighted by Crippen LogP contribution is -2.47. The zero-order chi connectivity index (χ0) is 16.3. The Labute approximate surface area is 137 Å². The van der Waals surface area contributed by atoms with Gasteiger partial charge in [0.2, 0.25) is 0 Å². The first-order valence-electron chi connectivity index (χ1n) is 7.85. The number of methoxy groups -OCH3 is 1. The van der Waals surface area contributed by atoms with Crippen molar-refractivity contribution in [2.24, 2.45) is 0 Å². The van der Waals surface area contributed by atoms with E-state index in [1.807, 2.05) is 30.3 Å². The first kappa shape index (κ1) is 15.3. The Morgan fingerprint density at radius 1 is 1.13 bits per heavy atom. The molecule has 2 aromatic carbocycles. The van der Waals surface area contributed by atoms with Crippen LogP contribution in [0.25, 0.3) is 0 Å². The summed E-state index contributed by atoms with van der Waals surface area (Å²) < 4.78 is 4.91. The van der Waals surface area contributed by atoms with Gasteiger partial charge < -0.3 is 10.1 Å². The lowest BCUT2D eigenvalue weighted by molar-refractivity contribution is 0.160. The van der Waals surface area contributed by atoms with E-state index in [2.05, 4.69) is 36.2 Å². The van der Waals surface area contributed by atoms with Crippen molar-refractivity contribution in [2.45, 2.75) is 24.8 Å². The van der Waals surface area contributed by atoms with Gasteiger partial charge in [-0.25, -0.2) is 4.79 Å². The number of amides is 1. The average Bonchev–Trinajstić information content (AvgIpc) is 2.72. The van der Waals surface area contributed by atoms with Crippen molar-refractivity contribution in [3.63, 3.8) is 0 Å². The first-order valence-corrected chi connectivity index (χ1v) is 7.85. The Morgan fingerprint density at radius 3 is 2.13 bits per heavy atom. The fourth-order valence-corrected chi connectivity index (χ4v) is 3.57. The fourth-order valence-electron chi connectivity index (χ4n) is 3.57. The minimum absolute atomic E-state index is 0.432. The maximum absolute atomic E-state index is 12.1. The maximum Gasteiger partial charge on any atom is 0.407 e. The molecule has 0 saturated heterocycles. The van der Waals surface area contributed by atoms with E-state index in [1.54, 1.807) is 0 Å². The molecule has 0 atom stereocenters. The number of nitrogens with one attached hydrogen (secondary N) is 1. The minimum Gasteiger partial charge on any atom is -0.453 e. The zero-order valence-corrected chi connectivity index (χ0v) is 13.3. The zero-order valence-electron chi connectivity index (χ0n) is 13.3. The Bertz CT molecular complexity index is 688. The Balaban J connectivity index is 2.29. The summed E-state index contributed by atoms with van der Waals surface area (Å²) in [6.45, 7) is 3.92. The third kappa shape index (κ3) is 2.63. The lowest BCUT2D eigenvalue weighted by atomic mass is 9.78. The number of fused-ring (bicyclic) bond motifs is 2. The van der Waals surface area contributed by atoms with Crippen molar-refractivity contribution in [1.82, 2.24) is 5.32 Å². The lowest BCUT2D eigenvalue weighted by Gasteiger charge is -2.36. The van der Waals surface area contributed by atoms with Crippen molar-refractivity contribution in [2.75, 3.05) is 7.11 Å². The number of hydrogen-bond donors (Lipinski definition) is 1. The highest BCUT2D eigenvalue weighted by molar-refractivity contribution is 5.70. The summed E-state index contributed by atoms with van der Waals surface area (Å²) in [5, 5.41) is 3.10. The summed E-state index contributed by atoms with van der Waals surface area (Å²) in [4.78, 5) is 12.1. The van der Waals surface area contributed by atoms with Crippen LogP contribution in [0.5, 0.6) is 0 Å². The van der Waals surface area contributed by atoms with E-state index in [9.17, 15) is 4.79 Å². The largest absolute Gasteiger partial charge is 0.453 e. The van der Waals surface area contributed by atoms with Crippen LogP contribution in [-0.4, -0.2) is 13.2 Å². The molecule has 0 aromatic heterocycles. The second-order valence-corrected chi connectivity index (χ2v) is 5.83. The van der Waals surface area contributed by atoms with Crippen LogP contribution < -0.4 is 5.32 Å². The van der Waals surface area contributed by atoms with Crippen LogP contribution in [0.2, 0.25) is 0 Å². The smallest absolute Gasteiger partial charge is 0.407 e. The molecular formula is C20H21NO2. The van der Waals surface area contributed by atoms with Gasteiger partial charge in [0.25, 0.3) is 0 Å². The van der Waals surface area contributed by atoms with Crippen LogP contribution >= 0.6 is 0 Å². The molecule has 3 rings (SSSR count). The molecule has 1 aliphatic carbocycles. The summed E-state index contributed by atoms with van der Waals surface area (Å²) in [6, 6.07) is 16.6. The molecule has 1 amide bonds. The van der Waals surface area contributed by atoms with Crippen LogP contribution in [0.1, 0.15) is 28.7 Å². The summed E-state index contributed by atoms with van der Waals surface area (Å²) in [5.41, 5.74) is 4.10. The number of benzene rings is 2. The van der Waals surface area contributed by atoms with E-state index in [0.29, 0.717) is 6.42 Å². The molecule has 1 N–H and O–H groups in total. The summed E-state index contributed by atoms with van der Waals surface area (Å²) in [6.07, 6.45) is 3.94. The van der Waals surface area contributed by atoms with E-state index in [4.69, 9.17) is 4.74 Å². The SMILES string of the molecule is C=CCC1(NC(=O)OC)c2ccccc2CCc2ccccc21. The van der Waals surface area contributed by atoms with Crippen LogP contribution in [-0.2, 0) is 23.1 Å². The highest BCUT2D eigenvalue weighted by atomic mass is 16.5. The van der Waals surface area contributed by atoms with Crippen molar-refractivity contribution >= 4 is 6.09 Å². The molecule has 0 bridgehead atoms. The number of aryl methyl sites for hydroxylation is 2. The predicted molar refractivity (Wildman–Crippen MR) is 91.4 cm³/mol. The molecule has 3 heteroatoms. The van der Waals surface area contributed by atoms with Gasteiger partial charge in [-0.1, -0.05) is 54.6 Å². The summed E-state index contributed by atoms with van der Waals surface area (Å²) in [5.74, 6) is 0. The predicted octanol–water partition coefficient (Wildman–Crippen LogP) is 3.96. The van der Waals surface area contributed by atoms with E-state index in [0.717, 1.165) is 24.0 Å². The number of alkyl carbamates (subject to hydrolysis) is 1. The van der Waals surface area contributed by atoms with Crippen molar-refractivity contribution < 1.29 is 9.53 Å². The van der Waals surface area contributed by atoms with Gasteiger partial charge in [0, 0.05) is 0 Å². The molecule has 0 unspecified atom stereocenters. The number of carbonyl (C=O) groups is 1.